The summed E-state index contributed by atoms with van der Waals surface area (Å²) in [5.41, 5.74) is 1.27. The first-order valence-electron chi connectivity index (χ1n) is 8.92. The smallest absolute Gasteiger partial charge is 0.338 e. The highest BCUT2D eigenvalue weighted by Crippen LogP contribution is 2.23. The number of hydrogen-bond donors (Lipinski definition) is 0. The molecule has 0 aliphatic carbocycles. The molecule has 5 heteroatoms. The van der Waals surface area contributed by atoms with Crippen molar-refractivity contribution in [3.63, 3.8) is 0 Å². The number of carbonyl (C=O) groups is 1. The van der Waals surface area contributed by atoms with E-state index in [0.717, 1.165) is 24.4 Å². The van der Waals surface area contributed by atoms with Gasteiger partial charge in [0.05, 0.1) is 12.2 Å². The summed E-state index contributed by atoms with van der Waals surface area (Å²) in [6.07, 6.45) is 5.02. The Morgan fingerprint density at radius 1 is 1.29 bits per heavy atom. The summed E-state index contributed by atoms with van der Waals surface area (Å²) in [5.74, 6) is 0.690. The van der Waals surface area contributed by atoms with Crippen molar-refractivity contribution in [1.82, 2.24) is 4.90 Å². The van der Waals surface area contributed by atoms with Gasteiger partial charge in [-0.05, 0) is 56.6 Å². The van der Waals surface area contributed by atoms with Gasteiger partial charge in [0.2, 0.25) is 0 Å². The van der Waals surface area contributed by atoms with Crippen LogP contribution in [0.1, 0.15) is 55.5 Å². The Labute approximate surface area is 150 Å². The molecule has 1 unspecified atom stereocenters. The van der Waals surface area contributed by atoms with E-state index < -0.39 is 0 Å². The van der Waals surface area contributed by atoms with E-state index >= 15 is 0 Å². The minimum atomic E-state index is -0.333. The van der Waals surface area contributed by atoms with Crippen molar-refractivity contribution in [2.24, 2.45) is 0 Å². The lowest BCUT2D eigenvalue weighted by molar-refractivity contribution is 0.0525. The molecule has 2 rings (SSSR count). The number of halogens is 1. The zero-order valence-corrected chi connectivity index (χ0v) is 15.5. The first kappa shape index (κ1) is 19.1. The Morgan fingerprint density at radius 3 is 2.83 bits per heavy atom. The van der Waals surface area contributed by atoms with Gasteiger partial charge in [0.15, 0.2) is 0 Å². The number of likely N-dealkylation sites (tertiary alicyclic amines) is 1. The maximum Gasteiger partial charge on any atom is 0.338 e. The van der Waals surface area contributed by atoms with E-state index in [4.69, 9.17) is 21.1 Å². The summed E-state index contributed by atoms with van der Waals surface area (Å²) in [4.78, 5) is 14.4. The van der Waals surface area contributed by atoms with Crippen LogP contribution >= 0.6 is 11.6 Å². The van der Waals surface area contributed by atoms with Gasteiger partial charge in [-0.15, -0.1) is 11.6 Å². The molecule has 1 aromatic carbocycles. The summed E-state index contributed by atoms with van der Waals surface area (Å²) in [6, 6.07) is 5.89. The van der Waals surface area contributed by atoms with E-state index in [2.05, 4.69) is 11.8 Å². The summed E-state index contributed by atoms with van der Waals surface area (Å²) >= 11 is 5.99. The Balaban J connectivity index is 2.02. The van der Waals surface area contributed by atoms with Gasteiger partial charge in [0.25, 0.3) is 0 Å². The van der Waals surface area contributed by atoms with Crippen molar-refractivity contribution >= 4 is 17.6 Å². The number of nitrogens with zero attached hydrogens (tertiary/aromatic N) is 1. The molecule has 1 aliphatic rings. The molecule has 0 amide bonds. The second-order valence-electron chi connectivity index (χ2n) is 6.12. The molecular formula is C19H28ClNO3. The highest BCUT2D eigenvalue weighted by atomic mass is 35.5. The Hall–Kier alpha value is -1.26. The third-order valence-corrected chi connectivity index (χ3v) is 4.85. The predicted molar refractivity (Wildman–Crippen MR) is 97.0 cm³/mol. The lowest BCUT2D eigenvalue weighted by Gasteiger charge is -2.28. The third kappa shape index (κ3) is 5.12. The monoisotopic (exact) mass is 353 g/mol. The zero-order valence-electron chi connectivity index (χ0n) is 14.7. The normalized spacial score (nSPS) is 18.9. The number of ether oxygens (including phenoxy) is 2. The van der Waals surface area contributed by atoms with Crippen LogP contribution in [-0.2, 0) is 10.6 Å². The molecule has 1 aliphatic heterocycles. The molecule has 0 spiro atoms. The average Bonchev–Trinajstić information content (AvgIpc) is 2.84. The fraction of sp³-hybridized carbons (Fsp3) is 0.632. The molecule has 4 nitrogen and oxygen atoms in total. The highest BCUT2D eigenvalue weighted by molar-refractivity contribution is 6.17. The van der Waals surface area contributed by atoms with Crippen molar-refractivity contribution in [2.75, 3.05) is 26.3 Å². The Morgan fingerprint density at radius 2 is 2.12 bits per heavy atom. The van der Waals surface area contributed by atoms with Crippen LogP contribution in [0.25, 0.3) is 0 Å². The third-order valence-electron chi connectivity index (χ3n) is 4.56. The fourth-order valence-electron chi connectivity index (χ4n) is 3.21. The number of hydrogen-bond acceptors (Lipinski definition) is 4. The number of carbonyl (C=O) groups excluding carboxylic acids is 1. The summed E-state index contributed by atoms with van der Waals surface area (Å²) in [5, 5.41) is 0. The Bertz CT molecular complexity index is 535. The number of rotatable bonds is 7. The summed E-state index contributed by atoms with van der Waals surface area (Å²) < 4.78 is 11.1. The molecule has 0 bridgehead atoms. The van der Waals surface area contributed by atoms with E-state index in [0.29, 0.717) is 24.8 Å². The fourth-order valence-corrected chi connectivity index (χ4v) is 3.43. The first-order chi connectivity index (χ1) is 11.7. The van der Waals surface area contributed by atoms with Gasteiger partial charge >= 0.3 is 5.97 Å². The van der Waals surface area contributed by atoms with Crippen LogP contribution in [0, 0.1) is 0 Å². The van der Waals surface area contributed by atoms with Crippen LogP contribution in [0.4, 0.5) is 0 Å². The molecule has 24 heavy (non-hydrogen) atoms. The molecule has 134 valence electrons. The number of alkyl halides is 1. The number of benzene rings is 1. The topological polar surface area (TPSA) is 38.8 Å². The lowest BCUT2D eigenvalue weighted by Crippen LogP contribution is -2.38. The SMILES string of the molecule is CCOC(=O)c1ccc(OCC2CCCCCN2CC)cc1CCl. The first-order valence-corrected chi connectivity index (χ1v) is 9.45. The van der Waals surface area contributed by atoms with E-state index in [9.17, 15) is 4.79 Å². The van der Waals surface area contributed by atoms with Crippen molar-refractivity contribution in [3.8, 4) is 5.75 Å². The van der Waals surface area contributed by atoms with Gasteiger partial charge < -0.3 is 9.47 Å². The van der Waals surface area contributed by atoms with Gasteiger partial charge in [-0.2, -0.15) is 0 Å². The van der Waals surface area contributed by atoms with Crippen LogP contribution < -0.4 is 4.74 Å². The standard InChI is InChI=1S/C19H28ClNO3/c1-3-21-11-7-5-6-8-16(21)14-24-17-9-10-18(15(12-17)13-20)19(22)23-4-2/h9-10,12,16H,3-8,11,13-14H2,1-2H3. The minimum absolute atomic E-state index is 0.260. The van der Waals surface area contributed by atoms with Crippen molar-refractivity contribution in [3.05, 3.63) is 29.3 Å². The van der Waals surface area contributed by atoms with E-state index in [-0.39, 0.29) is 11.8 Å². The second-order valence-corrected chi connectivity index (χ2v) is 6.38. The van der Waals surface area contributed by atoms with Gasteiger partial charge in [0.1, 0.15) is 12.4 Å². The minimum Gasteiger partial charge on any atom is -0.492 e. The van der Waals surface area contributed by atoms with Crippen molar-refractivity contribution < 1.29 is 14.3 Å². The number of esters is 1. The van der Waals surface area contributed by atoms with Crippen LogP contribution in [0.15, 0.2) is 18.2 Å². The largest absolute Gasteiger partial charge is 0.492 e. The molecule has 0 radical (unpaired) electrons. The molecule has 1 aromatic rings. The second kappa shape index (κ2) is 9.90. The van der Waals surface area contributed by atoms with Crippen molar-refractivity contribution in [1.29, 1.82) is 0 Å². The van der Waals surface area contributed by atoms with Gasteiger partial charge in [-0.1, -0.05) is 19.8 Å². The van der Waals surface area contributed by atoms with E-state index in [1.807, 2.05) is 12.1 Å². The molecule has 1 heterocycles. The molecule has 0 aromatic heterocycles. The summed E-state index contributed by atoms with van der Waals surface area (Å²) in [7, 11) is 0. The van der Waals surface area contributed by atoms with Crippen LogP contribution in [0.5, 0.6) is 5.75 Å². The molecule has 1 atom stereocenters. The van der Waals surface area contributed by atoms with Gasteiger partial charge in [-0.25, -0.2) is 4.79 Å². The van der Waals surface area contributed by atoms with Gasteiger partial charge in [0, 0.05) is 11.9 Å². The lowest BCUT2D eigenvalue weighted by atomic mass is 10.1. The maximum atomic E-state index is 11.9. The molecular weight excluding hydrogens is 326 g/mol. The van der Waals surface area contributed by atoms with E-state index in [1.165, 1.54) is 25.7 Å². The van der Waals surface area contributed by atoms with E-state index in [1.54, 1.807) is 13.0 Å². The van der Waals surface area contributed by atoms with Gasteiger partial charge in [-0.3, -0.25) is 4.90 Å². The van der Waals surface area contributed by atoms with Crippen molar-refractivity contribution in [2.45, 2.75) is 51.5 Å². The zero-order chi connectivity index (χ0) is 17.4. The Kier molecular flexibility index (Phi) is 7.86. The molecule has 0 N–H and O–H groups in total. The quantitative estimate of drug-likeness (QED) is 0.542. The molecule has 1 saturated heterocycles. The van der Waals surface area contributed by atoms with Crippen LogP contribution in [-0.4, -0.2) is 43.2 Å². The van der Waals surface area contributed by atoms with Crippen LogP contribution in [0.2, 0.25) is 0 Å². The predicted octanol–water partition coefficient (Wildman–Crippen LogP) is 4.25. The van der Waals surface area contributed by atoms with Crippen LogP contribution in [0.3, 0.4) is 0 Å². The maximum absolute atomic E-state index is 11.9. The summed E-state index contributed by atoms with van der Waals surface area (Å²) in [6.45, 7) is 7.24. The number of likely N-dealkylation sites (N-methyl/N-ethyl adjacent to an activating group) is 1. The average molecular weight is 354 g/mol. The molecule has 1 fully saturated rings. The highest BCUT2D eigenvalue weighted by Gasteiger charge is 2.20. The molecule has 0 saturated carbocycles.